The summed E-state index contributed by atoms with van der Waals surface area (Å²) in [5.74, 6) is -0.212. The van der Waals surface area contributed by atoms with Gasteiger partial charge in [-0.25, -0.2) is 0 Å². The van der Waals surface area contributed by atoms with Crippen molar-refractivity contribution < 1.29 is 4.79 Å². The van der Waals surface area contributed by atoms with E-state index in [2.05, 4.69) is 25.6 Å². The van der Waals surface area contributed by atoms with E-state index in [1.165, 1.54) is 0 Å². The van der Waals surface area contributed by atoms with Crippen LogP contribution in [0.15, 0.2) is 67.1 Å². The number of rotatable bonds is 5. The van der Waals surface area contributed by atoms with E-state index in [1.54, 1.807) is 29.3 Å². The number of hydrogen-bond acceptors (Lipinski definition) is 4. The Kier molecular flexibility index (Phi) is 4.49. The van der Waals surface area contributed by atoms with Crippen molar-refractivity contribution >= 4 is 5.91 Å². The SMILES string of the molecule is Cn1nccc1-c1cncc(CNC(=O)c2cc(-c3ccccc3)n[nH]2)c1. The third kappa shape index (κ3) is 3.62. The van der Waals surface area contributed by atoms with Crippen molar-refractivity contribution in [3.8, 4) is 22.5 Å². The van der Waals surface area contributed by atoms with Gasteiger partial charge >= 0.3 is 0 Å². The first-order valence-corrected chi connectivity index (χ1v) is 8.52. The molecule has 134 valence electrons. The van der Waals surface area contributed by atoms with Crippen molar-refractivity contribution in [1.29, 1.82) is 0 Å². The highest BCUT2D eigenvalue weighted by molar-refractivity contribution is 5.93. The maximum absolute atomic E-state index is 12.4. The van der Waals surface area contributed by atoms with Crippen LogP contribution in [0.5, 0.6) is 0 Å². The van der Waals surface area contributed by atoms with Gasteiger partial charge in [0.1, 0.15) is 5.69 Å². The van der Waals surface area contributed by atoms with Gasteiger partial charge in [0, 0.05) is 43.3 Å². The number of carbonyl (C=O) groups excluding carboxylic acids is 1. The second kappa shape index (κ2) is 7.25. The Bertz CT molecular complexity index is 1070. The molecule has 0 saturated carbocycles. The van der Waals surface area contributed by atoms with Crippen molar-refractivity contribution in [2.75, 3.05) is 0 Å². The van der Waals surface area contributed by atoms with Crippen molar-refractivity contribution in [3.05, 3.63) is 78.4 Å². The van der Waals surface area contributed by atoms with E-state index in [-0.39, 0.29) is 5.91 Å². The van der Waals surface area contributed by atoms with Crippen LogP contribution in [0.3, 0.4) is 0 Å². The fraction of sp³-hybridized carbons (Fsp3) is 0.100. The van der Waals surface area contributed by atoms with Crippen LogP contribution in [0.1, 0.15) is 16.1 Å². The van der Waals surface area contributed by atoms with Gasteiger partial charge in [-0.1, -0.05) is 30.3 Å². The molecule has 3 heterocycles. The summed E-state index contributed by atoms with van der Waals surface area (Å²) in [6.07, 6.45) is 5.26. The summed E-state index contributed by atoms with van der Waals surface area (Å²) in [5.41, 5.74) is 4.95. The number of aromatic amines is 1. The molecule has 0 unspecified atom stereocenters. The number of aryl methyl sites for hydroxylation is 1. The van der Waals surface area contributed by atoms with Gasteiger partial charge in [-0.15, -0.1) is 0 Å². The average Bonchev–Trinajstić information content (AvgIpc) is 3.36. The summed E-state index contributed by atoms with van der Waals surface area (Å²) >= 11 is 0. The summed E-state index contributed by atoms with van der Waals surface area (Å²) in [6.45, 7) is 0.372. The Morgan fingerprint density at radius 3 is 2.74 bits per heavy atom. The number of pyridine rings is 1. The zero-order valence-electron chi connectivity index (χ0n) is 14.8. The molecule has 7 heteroatoms. The number of nitrogens with zero attached hydrogens (tertiary/aromatic N) is 4. The van der Waals surface area contributed by atoms with E-state index in [0.717, 1.165) is 28.1 Å². The lowest BCUT2D eigenvalue weighted by Gasteiger charge is -2.06. The average molecular weight is 358 g/mol. The molecule has 0 aliphatic heterocycles. The molecule has 4 aromatic rings. The molecule has 1 amide bonds. The number of amides is 1. The Hall–Kier alpha value is -3.74. The van der Waals surface area contributed by atoms with Gasteiger partial charge < -0.3 is 5.32 Å². The fourth-order valence-electron chi connectivity index (χ4n) is 2.85. The highest BCUT2D eigenvalue weighted by Gasteiger charge is 2.11. The molecule has 7 nitrogen and oxygen atoms in total. The number of H-pyrrole nitrogens is 1. The number of hydrogen-bond donors (Lipinski definition) is 2. The molecule has 4 rings (SSSR count). The molecule has 0 radical (unpaired) electrons. The van der Waals surface area contributed by atoms with Crippen LogP contribution in [0.25, 0.3) is 22.5 Å². The van der Waals surface area contributed by atoms with Gasteiger partial charge in [0.2, 0.25) is 0 Å². The van der Waals surface area contributed by atoms with Crippen LogP contribution < -0.4 is 5.32 Å². The van der Waals surface area contributed by atoms with Gasteiger partial charge in [0.25, 0.3) is 5.91 Å². The van der Waals surface area contributed by atoms with E-state index in [0.29, 0.717) is 12.2 Å². The smallest absolute Gasteiger partial charge is 0.269 e. The Labute approximate surface area is 156 Å². The molecular formula is C20H18N6O. The third-order valence-electron chi connectivity index (χ3n) is 4.26. The van der Waals surface area contributed by atoms with Crippen LogP contribution in [-0.4, -0.2) is 30.9 Å². The summed E-state index contributed by atoms with van der Waals surface area (Å²) < 4.78 is 1.79. The predicted octanol–water partition coefficient (Wildman–Crippen LogP) is 2.80. The molecule has 1 aromatic carbocycles. The Morgan fingerprint density at radius 1 is 1.11 bits per heavy atom. The van der Waals surface area contributed by atoms with Gasteiger partial charge in [0.05, 0.1) is 11.4 Å². The molecule has 0 fully saturated rings. The van der Waals surface area contributed by atoms with Crippen LogP contribution in [0, 0.1) is 0 Å². The van der Waals surface area contributed by atoms with Crippen molar-refractivity contribution in [3.63, 3.8) is 0 Å². The van der Waals surface area contributed by atoms with Crippen molar-refractivity contribution in [2.45, 2.75) is 6.54 Å². The van der Waals surface area contributed by atoms with Crippen molar-refractivity contribution in [2.24, 2.45) is 7.05 Å². The minimum absolute atomic E-state index is 0.212. The highest BCUT2D eigenvalue weighted by atomic mass is 16.1. The monoisotopic (exact) mass is 358 g/mol. The zero-order chi connectivity index (χ0) is 18.6. The topological polar surface area (TPSA) is 88.5 Å². The Morgan fingerprint density at radius 2 is 1.96 bits per heavy atom. The fourth-order valence-corrected chi connectivity index (χ4v) is 2.85. The standard InChI is InChI=1S/C20H18N6O/c1-26-19(7-8-23-26)16-9-14(11-21-13-16)12-22-20(27)18-10-17(24-25-18)15-5-3-2-4-6-15/h2-11,13H,12H2,1H3,(H,22,27)(H,24,25). The largest absolute Gasteiger partial charge is 0.347 e. The molecule has 0 bridgehead atoms. The third-order valence-corrected chi connectivity index (χ3v) is 4.26. The van der Waals surface area contributed by atoms with Crippen LogP contribution in [0.2, 0.25) is 0 Å². The molecule has 2 N–H and O–H groups in total. The lowest BCUT2D eigenvalue weighted by Crippen LogP contribution is -2.23. The lowest BCUT2D eigenvalue weighted by molar-refractivity contribution is 0.0946. The predicted molar refractivity (Wildman–Crippen MR) is 102 cm³/mol. The van der Waals surface area contributed by atoms with E-state index in [4.69, 9.17) is 0 Å². The summed E-state index contributed by atoms with van der Waals surface area (Å²) in [7, 11) is 1.88. The first-order chi connectivity index (χ1) is 13.2. The van der Waals surface area contributed by atoms with E-state index < -0.39 is 0 Å². The number of aromatic nitrogens is 5. The van der Waals surface area contributed by atoms with E-state index in [1.807, 2.05) is 49.5 Å². The zero-order valence-corrected chi connectivity index (χ0v) is 14.8. The number of carbonyl (C=O) groups is 1. The van der Waals surface area contributed by atoms with Gasteiger partial charge in [-0.3, -0.25) is 19.6 Å². The second-order valence-corrected chi connectivity index (χ2v) is 6.14. The molecule has 27 heavy (non-hydrogen) atoms. The van der Waals surface area contributed by atoms with Crippen LogP contribution in [-0.2, 0) is 13.6 Å². The summed E-state index contributed by atoms with van der Waals surface area (Å²) in [6, 6.07) is 15.4. The summed E-state index contributed by atoms with van der Waals surface area (Å²) in [5, 5.41) is 14.1. The molecule has 0 atom stereocenters. The lowest BCUT2D eigenvalue weighted by atomic mass is 10.1. The van der Waals surface area contributed by atoms with Crippen molar-refractivity contribution in [1.82, 2.24) is 30.3 Å². The van der Waals surface area contributed by atoms with Crippen LogP contribution in [0.4, 0.5) is 0 Å². The first-order valence-electron chi connectivity index (χ1n) is 8.52. The Balaban J connectivity index is 1.44. The summed E-state index contributed by atoms with van der Waals surface area (Å²) in [4.78, 5) is 16.7. The van der Waals surface area contributed by atoms with E-state index >= 15 is 0 Å². The van der Waals surface area contributed by atoms with Gasteiger partial charge in [-0.05, 0) is 23.8 Å². The molecular weight excluding hydrogens is 340 g/mol. The second-order valence-electron chi connectivity index (χ2n) is 6.14. The molecule has 0 saturated heterocycles. The highest BCUT2D eigenvalue weighted by Crippen LogP contribution is 2.19. The minimum atomic E-state index is -0.212. The molecule has 3 aromatic heterocycles. The van der Waals surface area contributed by atoms with Gasteiger partial charge in [-0.2, -0.15) is 10.2 Å². The maximum atomic E-state index is 12.4. The molecule has 0 aliphatic carbocycles. The minimum Gasteiger partial charge on any atom is -0.347 e. The van der Waals surface area contributed by atoms with Gasteiger partial charge in [0.15, 0.2) is 0 Å². The molecule has 0 spiro atoms. The number of benzene rings is 1. The van der Waals surface area contributed by atoms with E-state index in [9.17, 15) is 4.79 Å². The quantitative estimate of drug-likeness (QED) is 0.574. The molecule has 0 aliphatic rings. The maximum Gasteiger partial charge on any atom is 0.269 e. The first kappa shape index (κ1) is 16.7. The normalized spacial score (nSPS) is 10.7. The number of nitrogens with one attached hydrogen (secondary N) is 2. The van der Waals surface area contributed by atoms with Crippen LogP contribution >= 0.6 is 0 Å².